The topological polar surface area (TPSA) is 9.23 Å². The minimum Gasteiger partial charge on any atom is -0.493 e. The van der Waals surface area contributed by atoms with Crippen molar-refractivity contribution in [1.82, 2.24) is 0 Å². The zero-order valence-corrected chi connectivity index (χ0v) is 9.47. The molecule has 2 aliphatic rings. The van der Waals surface area contributed by atoms with E-state index in [9.17, 15) is 0 Å². The van der Waals surface area contributed by atoms with Crippen molar-refractivity contribution < 1.29 is 4.74 Å². The Kier molecular flexibility index (Phi) is 2.42. The number of allylic oxidation sites excluding steroid dienone is 2. The molecule has 0 aromatic carbocycles. The zero-order valence-electron chi connectivity index (χ0n) is 9.47. The molecule has 1 aliphatic carbocycles. The van der Waals surface area contributed by atoms with Crippen LogP contribution in [0.25, 0.3) is 0 Å². The van der Waals surface area contributed by atoms with E-state index < -0.39 is 0 Å². The van der Waals surface area contributed by atoms with Crippen LogP contribution in [0.2, 0.25) is 0 Å². The third kappa shape index (κ3) is 1.22. The van der Waals surface area contributed by atoms with Gasteiger partial charge in [0.1, 0.15) is 5.76 Å². The molecule has 2 rings (SSSR count). The molecule has 14 heavy (non-hydrogen) atoms. The van der Waals surface area contributed by atoms with Crippen molar-refractivity contribution in [2.45, 2.75) is 40.0 Å². The maximum atomic E-state index is 5.82. The SMILES string of the molecule is CCC1(C(C)C)COC2=C1CCC=C2. The molecule has 1 heterocycles. The smallest absolute Gasteiger partial charge is 0.118 e. The van der Waals surface area contributed by atoms with Crippen LogP contribution in [0.3, 0.4) is 0 Å². The Labute approximate surface area is 86.8 Å². The van der Waals surface area contributed by atoms with Crippen LogP contribution in [-0.2, 0) is 4.74 Å². The standard InChI is InChI=1S/C13H20O/c1-4-13(10(2)3)9-14-12-8-6-5-7-11(12)13/h6,8,10H,4-5,7,9H2,1-3H3. The Morgan fingerprint density at radius 1 is 1.50 bits per heavy atom. The lowest BCUT2D eigenvalue weighted by Gasteiger charge is -2.33. The van der Waals surface area contributed by atoms with Gasteiger partial charge >= 0.3 is 0 Å². The van der Waals surface area contributed by atoms with Crippen molar-refractivity contribution in [2.24, 2.45) is 11.3 Å². The normalized spacial score (nSPS) is 30.9. The third-order valence-electron chi connectivity index (χ3n) is 3.95. The van der Waals surface area contributed by atoms with Crippen LogP contribution in [0.1, 0.15) is 40.0 Å². The molecule has 0 spiro atoms. The molecule has 1 aliphatic heterocycles. The van der Waals surface area contributed by atoms with E-state index in [0.29, 0.717) is 11.3 Å². The van der Waals surface area contributed by atoms with Gasteiger partial charge in [-0.05, 0) is 36.8 Å². The van der Waals surface area contributed by atoms with Crippen LogP contribution in [0, 0.1) is 11.3 Å². The number of hydrogen-bond donors (Lipinski definition) is 0. The number of ether oxygens (including phenoxy) is 1. The second-order valence-corrected chi connectivity index (χ2v) is 4.74. The van der Waals surface area contributed by atoms with Gasteiger partial charge in [-0.2, -0.15) is 0 Å². The Hall–Kier alpha value is -0.720. The molecule has 0 fully saturated rings. The minimum atomic E-state index is 0.333. The first kappa shape index (κ1) is 9.82. The van der Waals surface area contributed by atoms with Gasteiger partial charge in [-0.3, -0.25) is 0 Å². The van der Waals surface area contributed by atoms with E-state index in [2.05, 4.69) is 32.9 Å². The highest BCUT2D eigenvalue weighted by molar-refractivity contribution is 5.34. The van der Waals surface area contributed by atoms with Gasteiger partial charge < -0.3 is 4.74 Å². The summed E-state index contributed by atoms with van der Waals surface area (Å²) in [5, 5.41) is 0. The molecule has 1 heteroatoms. The molecule has 0 bridgehead atoms. The van der Waals surface area contributed by atoms with E-state index in [1.54, 1.807) is 5.57 Å². The fourth-order valence-electron chi connectivity index (χ4n) is 2.80. The maximum Gasteiger partial charge on any atom is 0.118 e. The molecule has 0 saturated carbocycles. The molecule has 1 nitrogen and oxygen atoms in total. The van der Waals surface area contributed by atoms with Gasteiger partial charge in [0.15, 0.2) is 0 Å². The monoisotopic (exact) mass is 192 g/mol. The summed E-state index contributed by atoms with van der Waals surface area (Å²) in [5.74, 6) is 1.86. The summed E-state index contributed by atoms with van der Waals surface area (Å²) in [6, 6.07) is 0. The first-order valence-electron chi connectivity index (χ1n) is 5.73. The van der Waals surface area contributed by atoms with E-state index in [4.69, 9.17) is 4.74 Å². The fourth-order valence-corrected chi connectivity index (χ4v) is 2.80. The molecule has 78 valence electrons. The van der Waals surface area contributed by atoms with Gasteiger partial charge in [0.2, 0.25) is 0 Å². The second kappa shape index (κ2) is 3.45. The summed E-state index contributed by atoms with van der Waals surface area (Å²) in [6.07, 6.45) is 8.00. The molecular formula is C13H20O. The predicted octanol–water partition coefficient (Wildman–Crippen LogP) is 3.67. The van der Waals surface area contributed by atoms with Crippen LogP contribution in [0.5, 0.6) is 0 Å². The second-order valence-electron chi connectivity index (χ2n) is 4.74. The largest absolute Gasteiger partial charge is 0.493 e. The van der Waals surface area contributed by atoms with Gasteiger partial charge in [-0.15, -0.1) is 0 Å². The molecule has 0 aromatic rings. The van der Waals surface area contributed by atoms with E-state index >= 15 is 0 Å². The molecule has 0 saturated heterocycles. The average molecular weight is 192 g/mol. The summed E-state index contributed by atoms with van der Waals surface area (Å²) < 4.78 is 5.82. The van der Waals surface area contributed by atoms with Crippen LogP contribution in [0.4, 0.5) is 0 Å². The van der Waals surface area contributed by atoms with Crippen molar-refractivity contribution in [3.63, 3.8) is 0 Å². The van der Waals surface area contributed by atoms with Crippen molar-refractivity contribution >= 4 is 0 Å². The molecule has 0 N–H and O–H groups in total. The number of rotatable bonds is 2. The van der Waals surface area contributed by atoms with Gasteiger partial charge in [0.25, 0.3) is 0 Å². The quantitative estimate of drug-likeness (QED) is 0.648. The first-order valence-corrected chi connectivity index (χ1v) is 5.73. The molecule has 0 amide bonds. The van der Waals surface area contributed by atoms with Crippen LogP contribution in [0.15, 0.2) is 23.5 Å². The summed E-state index contributed by atoms with van der Waals surface area (Å²) in [6.45, 7) is 7.83. The summed E-state index contributed by atoms with van der Waals surface area (Å²) >= 11 is 0. The average Bonchev–Trinajstić information content (AvgIpc) is 2.57. The summed E-state index contributed by atoms with van der Waals surface area (Å²) in [5.41, 5.74) is 1.91. The molecule has 1 atom stereocenters. The molecular weight excluding hydrogens is 172 g/mol. The first-order chi connectivity index (χ1) is 6.70. The van der Waals surface area contributed by atoms with Crippen molar-refractivity contribution in [1.29, 1.82) is 0 Å². The fraction of sp³-hybridized carbons (Fsp3) is 0.692. The third-order valence-corrected chi connectivity index (χ3v) is 3.95. The number of hydrogen-bond acceptors (Lipinski definition) is 1. The van der Waals surface area contributed by atoms with Gasteiger partial charge in [-0.1, -0.05) is 26.8 Å². The highest BCUT2D eigenvalue weighted by Crippen LogP contribution is 2.49. The van der Waals surface area contributed by atoms with Crippen LogP contribution < -0.4 is 0 Å². The Morgan fingerprint density at radius 3 is 2.93 bits per heavy atom. The van der Waals surface area contributed by atoms with Crippen molar-refractivity contribution in [2.75, 3.05) is 6.61 Å². The lowest BCUT2D eigenvalue weighted by molar-refractivity contribution is 0.125. The van der Waals surface area contributed by atoms with E-state index in [-0.39, 0.29) is 0 Å². The Bertz CT molecular complexity index is 286. The minimum absolute atomic E-state index is 0.333. The van der Waals surface area contributed by atoms with E-state index in [1.165, 1.54) is 25.0 Å². The van der Waals surface area contributed by atoms with Crippen molar-refractivity contribution in [3.05, 3.63) is 23.5 Å². The zero-order chi connectivity index (χ0) is 10.2. The molecule has 0 radical (unpaired) electrons. The molecule has 1 unspecified atom stereocenters. The highest BCUT2D eigenvalue weighted by atomic mass is 16.5. The van der Waals surface area contributed by atoms with E-state index in [0.717, 1.165) is 6.61 Å². The molecule has 0 aromatic heterocycles. The van der Waals surface area contributed by atoms with Crippen LogP contribution in [-0.4, -0.2) is 6.61 Å². The van der Waals surface area contributed by atoms with Gasteiger partial charge in [0, 0.05) is 5.41 Å². The van der Waals surface area contributed by atoms with Crippen LogP contribution >= 0.6 is 0 Å². The summed E-state index contributed by atoms with van der Waals surface area (Å²) in [7, 11) is 0. The predicted molar refractivity (Wildman–Crippen MR) is 58.9 cm³/mol. The van der Waals surface area contributed by atoms with E-state index in [1.807, 2.05) is 0 Å². The van der Waals surface area contributed by atoms with Gasteiger partial charge in [0.05, 0.1) is 6.61 Å². The Balaban J connectivity index is 2.37. The lowest BCUT2D eigenvalue weighted by atomic mass is 9.69. The highest BCUT2D eigenvalue weighted by Gasteiger charge is 2.43. The maximum absolute atomic E-state index is 5.82. The van der Waals surface area contributed by atoms with Gasteiger partial charge in [-0.25, -0.2) is 0 Å². The lowest BCUT2D eigenvalue weighted by Crippen LogP contribution is -2.30. The summed E-state index contributed by atoms with van der Waals surface area (Å²) in [4.78, 5) is 0. The Morgan fingerprint density at radius 2 is 2.29 bits per heavy atom. The van der Waals surface area contributed by atoms with Crippen molar-refractivity contribution in [3.8, 4) is 0 Å².